The molecule has 0 radical (unpaired) electrons. The summed E-state index contributed by atoms with van der Waals surface area (Å²) >= 11 is 0. The van der Waals surface area contributed by atoms with Gasteiger partial charge in [0, 0.05) is 12.6 Å². The molecule has 1 heterocycles. The molecule has 0 aliphatic carbocycles. The third-order valence-electron chi connectivity index (χ3n) is 2.82. The second kappa shape index (κ2) is 7.39. The molecule has 20 heavy (non-hydrogen) atoms. The van der Waals surface area contributed by atoms with E-state index in [2.05, 4.69) is 9.88 Å². The van der Waals surface area contributed by atoms with Crippen molar-refractivity contribution in [1.82, 2.24) is 9.88 Å². The molecule has 0 amide bonds. The Balaban J connectivity index is 2.79. The Morgan fingerprint density at radius 2 is 2.15 bits per heavy atom. The highest BCUT2D eigenvalue weighted by Gasteiger charge is 2.18. The van der Waals surface area contributed by atoms with Crippen molar-refractivity contribution in [3.8, 4) is 5.88 Å². The molecule has 1 aromatic heterocycles. The molecule has 8 nitrogen and oxygen atoms in total. The van der Waals surface area contributed by atoms with E-state index in [4.69, 9.17) is 9.84 Å². The summed E-state index contributed by atoms with van der Waals surface area (Å²) in [4.78, 5) is 26.8. The van der Waals surface area contributed by atoms with Crippen LogP contribution in [0.3, 0.4) is 0 Å². The number of nitrogens with zero attached hydrogens (tertiary/aromatic N) is 3. The van der Waals surface area contributed by atoms with Crippen LogP contribution in [0.1, 0.15) is 24.2 Å². The van der Waals surface area contributed by atoms with E-state index in [-0.39, 0.29) is 23.7 Å². The zero-order valence-corrected chi connectivity index (χ0v) is 11.4. The van der Waals surface area contributed by atoms with Gasteiger partial charge in [0.05, 0.1) is 4.92 Å². The molecule has 0 spiro atoms. The summed E-state index contributed by atoms with van der Waals surface area (Å²) in [6.45, 7) is 6.64. The van der Waals surface area contributed by atoms with Gasteiger partial charge in [-0.05, 0) is 13.1 Å². The number of carboxylic acid groups (broad SMARTS) is 1. The Bertz CT molecular complexity index is 488. The lowest BCUT2D eigenvalue weighted by molar-refractivity contribution is -0.385. The molecular weight excluding hydrogens is 266 g/mol. The number of pyridine rings is 1. The van der Waals surface area contributed by atoms with Crippen molar-refractivity contribution in [2.24, 2.45) is 0 Å². The number of aromatic carboxylic acids is 1. The van der Waals surface area contributed by atoms with Crippen LogP contribution in [0.5, 0.6) is 5.88 Å². The molecule has 0 fully saturated rings. The smallest absolute Gasteiger partial charge is 0.341 e. The van der Waals surface area contributed by atoms with Crippen LogP contribution >= 0.6 is 0 Å². The van der Waals surface area contributed by atoms with Gasteiger partial charge in [-0.3, -0.25) is 10.1 Å². The molecule has 1 rings (SSSR count). The van der Waals surface area contributed by atoms with Gasteiger partial charge in [-0.25, -0.2) is 9.78 Å². The van der Waals surface area contributed by atoms with Gasteiger partial charge in [0.1, 0.15) is 18.4 Å². The van der Waals surface area contributed by atoms with Crippen LogP contribution in [0.4, 0.5) is 5.69 Å². The molecule has 1 N–H and O–H groups in total. The molecule has 1 aromatic rings. The third kappa shape index (κ3) is 4.16. The number of rotatable bonds is 8. The first-order valence-corrected chi connectivity index (χ1v) is 6.22. The van der Waals surface area contributed by atoms with E-state index < -0.39 is 10.9 Å². The Hall–Kier alpha value is -2.22. The molecule has 0 unspecified atom stereocenters. The van der Waals surface area contributed by atoms with Gasteiger partial charge < -0.3 is 14.7 Å². The molecule has 0 aliphatic rings. The van der Waals surface area contributed by atoms with Crippen molar-refractivity contribution in [2.75, 3.05) is 26.2 Å². The van der Waals surface area contributed by atoms with Crippen molar-refractivity contribution in [3.63, 3.8) is 0 Å². The molecule has 110 valence electrons. The monoisotopic (exact) mass is 283 g/mol. The van der Waals surface area contributed by atoms with Crippen LogP contribution in [-0.2, 0) is 0 Å². The summed E-state index contributed by atoms with van der Waals surface area (Å²) in [5.41, 5.74) is -0.683. The third-order valence-corrected chi connectivity index (χ3v) is 2.82. The minimum absolute atomic E-state index is 0.102. The van der Waals surface area contributed by atoms with Crippen LogP contribution in [0.15, 0.2) is 12.3 Å². The predicted molar refractivity (Wildman–Crippen MR) is 71.1 cm³/mol. The number of aromatic nitrogens is 1. The van der Waals surface area contributed by atoms with E-state index in [0.717, 1.165) is 25.4 Å². The van der Waals surface area contributed by atoms with Gasteiger partial charge in [0.15, 0.2) is 0 Å². The van der Waals surface area contributed by atoms with E-state index in [0.29, 0.717) is 6.54 Å². The van der Waals surface area contributed by atoms with Crippen LogP contribution < -0.4 is 4.74 Å². The first-order valence-electron chi connectivity index (χ1n) is 6.22. The molecule has 0 bridgehead atoms. The van der Waals surface area contributed by atoms with E-state index in [1.165, 1.54) is 0 Å². The summed E-state index contributed by atoms with van der Waals surface area (Å²) in [6.07, 6.45) is 0.985. The SMILES string of the molecule is CCN(CC)CCOc1ncc([N+](=O)[O-])cc1C(=O)O. The lowest BCUT2D eigenvalue weighted by atomic mass is 10.2. The van der Waals surface area contributed by atoms with Crippen LogP contribution in [0.25, 0.3) is 0 Å². The largest absolute Gasteiger partial charge is 0.477 e. The van der Waals surface area contributed by atoms with Crippen molar-refractivity contribution in [3.05, 3.63) is 27.9 Å². The van der Waals surface area contributed by atoms with Crippen LogP contribution in [0.2, 0.25) is 0 Å². The summed E-state index contributed by atoms with van der Waals surface area (Å²) in [7, 11) is 0. The summed E-state index contributed by atoms with van der Waals surface area (Å²) in [6, 6.07) is 0.947. The molecule has 0 aromatic carbocycles. The standard InChI is InChI=1S/C12H17N3O5/c1-3-14(4-2)5-6-20-11-10(12(16)17)7-9(8-13-11)15(18)19/h7-8H,3-6H2,1-2H3,(H,16,17). The van der Waals surface area contributed by atoms with Gasteiger partial charge in [-0.2, -0.15) is 0 Å². The molecule has 0 saturated heterocycles. The van der Waals surface area contributed by atoms with Gasteiger partial charge in [0.2, 0.25) is 5.88 Å². The molecule has 0 atom stereocenters. The van der Waals surface area contributed by atoms with Crippen molar-refractivity contribution in [2.45, 2.75) is 13.8 Å². The number of likely N-dealkylation sites (N-methyl/N-ethyl adjacent to an activating group) is 1. The lowest BCUT2D eigenvalue weighted by Crippen LogP contribution is -2.28. The van der Waals surface area contributed by atoms with E-state index in [1.807, 2.05) is 13.8 Å². The fraction of sp³-hybridized carbons (Fsp3) is 0.500. The van der Waals surface area contributed by atoms with Gasteiger partial charge in [-0.15, -0.1) is 0 Å². The maximum absolute atomic E-state index is 11.1. The summed E-state index contributed by atoms with van der Waals surface area (Å²) in [5.74, 6) is -1.41. The average molecular weight is 283 g/mol. The Morgan fingerprint density at radius 3 is 2.65 bits per heavy atom. The van der Waals surface area contributed by atoms with E-state index in [9.17, 15) is 14.9 Å². The first-order chi connectivity index (χ1) is 9.49. The second-order valence-electron chi connectivity index (χ2n) is 3.98. The fourth-order valence-corrected chi connectivity index (χ4v) is 1.62. The number of ether oxygens (including phenoxy) is 1. The van der Waals surface area contributed by atoms with E-state index in [1.54, 1.807) is 0 Å². The normalized spacial score (nSPS) is 10.6. The quantitative estimate of drug-likeness (QED) is 0.567. The highest BCUT2D eigenvalue weighted by Crippen LogP contribution is 2.20. The second-order valence-corrected chi connectivity index (χ2v) is 3.98. The number of carboxylic acids is 1. The fourth-order valence-electron chi connectivity index (χ4n) is 1.62. The number of hydrogen-bond donors (Lipinski definition) is 1. The minimum atomic E-state index is -1.31. The average Bonchev–Trinajstić information content (AvgIpc) is 2.43. The van der Waals surface area contributed by atoms with Crippen LogP contribution in [-0.4, -0.2) is 52.1 Å². The topological polar surface area (TPSA) is 106 Å². The van der Waals surface area contributed by atoms with Crippen molar-refractivity contribution < 1.29 is 19.6 Å². The molecular formula is C12H17N3O5. The number of carbonyl (C=O) groups is 1. The molecule has 0 saturated carbocycles. The molecule has 8 heteroatoms. The highest BCUT2D eigenvalue weighted by atomic mass is 16.6. The Kier molecular flexibility index (Phi) is 5.85. The van der Waals surface area contributed by atoms with Crippen molar-refractivity contribution in [1.29, 1.82) is 0 Å². The predicted octanol–water partition coefficient (Wildman–Crippen LogP) is 1.41. The van der Waals surface area contributed by atoms with Gasteiger partial charge in [-0.1, -0.05) is 13.8 Å². The van der Waals surface area contributed by atoms with Gasteiger partial charge >= 0.3 is 5.97 Å². The number of hydrogen-bond acceptors (Lipinski definition) is 6. The lowest BCUT2D eigenvalue weighted by Gasteiger charge is -2.18. The number of nitro groups is 1. The zero-order chi connectivity index (χ0) is 15.1. The molecule has 0 aliphatic heterocycles. The van der Waals surface area contributed by atoms with E-state index >= 15 is 0 Å². The van der Waals surface area contributed by atoms with Gasteiger partial charge in [0.25, 0.3) is 5.69 Å². The summed E-state index contributed by atoms with van der Waals surface area (Å²) < 4.78 is 5.31. The maximum Gasteiger partial charge on any atom is 0.341 e. The minimum Gasteiger partial charge on any atom is -0.477 e. The van der Waals surface area contributed by atoms with Crippen molar-refractivity contribution >= 4 is 11.7 Å². The highest BCUT2D eigenvalue weighted by molar-refractivity contribution is 5.90. The Morgan fingerprint density at radius 1 is 1.50 bits per heavy atom. The Labute approximate surface area is 116 Å². The zero-order valence-electron chi connectivity index (χ0n) is 11.4. The first kappa shape index (κ1) is 15.8. The summed E-state index contributed by atoms with van der Waals surface area (Å²) in [5, 5.41) is 19.6. The maximum atomic E-state index is 11.1. The van der Waals surface area contributed by atoms with Crippen LogP contribution in [0, 0.1) is 10.1 Å².